The summed E-state index contributed by atoms with van der Waals surface area (Å²) in [5, 5.41) is 0. The molecule has 0 heterocycles. The zero-order valence-corrected chi connectivity index (χ0v) is 26.4. The van der Waals surface area contributed by atoms with Crippen LogP contribution in [0.1, 0.15) is 37.6 Å². The molecule has 0 radical (unpaired) electrons. The summed E-state index contributed by atoms with van der Waals surface area (Å²) in [6.07, 6.45) is -4.61. The van der Waals surface area contributed by atoms with Crippen LogP contribution < -0.4 is 8.85 Å². The molecule has 0 aliphatic heterocycles. The lowest BCUT2D eigenvalue weighted by molar-refractivity contribution is -0.191. The van der Waals surface area contributed by atoms with Gasteiger partial charge in [-0.3, -0.25) is 4.79 Å². The molecule has 11 heteroatoms. The summed E-state index contributed by atoms with van der Waals surface area (Å²) >= 11 is 0. The quantitative estimate of drug-likeness (QED) is 0.210. The molecule has 0 saturated carbocycles. The number of alkyl halides is 3. The van der Waals surface area contributed by atoms with Crippen molar-refractivity contribution in [3.8, 4) is 11.5 Å². The van der Waals surface area contributed by atoms with Crippen molar-refractivity contribution >= 4 is 30.9 Å². The highest BCUT2D eigenvalue weighted by Gasteiger charge is 2.45. The number of hydrogen-bond acceptors (Lipinski definition) is 4. The van der Waals surface area contributed by atoms with Crippen LogP contribution in [-0.2, 0) is 15.6 Å². The number of benzene rings is 1. The molecule has 0 saturated heterocycles. The van der Waals surface area contributed by atoms with Crippen molar-refractivity contribution in [3.63, 3.8) is 0 Å². The first-order valence-electron chi connectivity index (χ1n) is 12.1. The molecule has 0 bridgehead atoms. The summed E-state index contributed by atoms with van der Waals surface area (Å²) in [7, 11) is -5.49. The van der Waals surface area contributed by atoms with Gasteiger partial charge in [0.05, 0.1) is 0 Å². The van der Waals surface area contributed by atoms with Crippen LogP contribution >= 0.6 is 0 Å². The number of aryl methyl sites for hydroxylation is 1. The number of amides is 1. The molecule has 1 unspecified atom stereocenters. The summed E-state index contributed by atoms with van der Waals surface area (Å²) < 4.78 is 59.3. The summed E-state index contributed by atoms with van der Waals surface area (Å²) in [5.74, 6) is -0.416. The molecular weight excluding hydrogens is 508 g/mol. The number of nitrogens with zero attached hydrogens (tertiary/aromatic N) is 1. The van der Waals surface area contributed by atoms with Crippen molar-refractivity contribution in [2.45, 2.75) is 98.0 Å². The standard InChI is InChI=1S/C24H44F3NO4Si3/c1-17(2)13-14-18-15-21(31-34(7,8)9)19(16-20(18)30-33(4,5)6)22(32-35(10,11)12)28(3)23(29)24(25,26)27/h15-17,22H,13-14H2,1-12H3. The Morgan fingerprint density at radius 3 is 1.77 bits per heavy atom. The minimum absolute atomic E-state index is 0.386. The van der Waals surface area contributed by atoms with Gasteiger partial charge in [0.2, 0.25) is 16.6 Å². The van der Waals surface area contributed by atoms with E-state index in [-0.39, 0.29) is 0 Å². The van der Waals surface area contributed by atoms with Gasteiger partial charge in [-0.2, -0.15) is 13.2 Å². The van der Waals surface area contributed by atoms with Crippen molar-refractivity contribution in [2.75, 3.05) is 7.05 Å². The van der Waals surface area contributed by atoms with Crippen LogP contribution in [0.4, 0.5) is 13.2 Å². The molecule has 1 aromatic carbocycles. The minimum atomic E-state index is -5.02. The van der Waals surface area contributed by atoms with E-state index in [1.54, 1.807) is 6.07 Å². The van der Waals surface area contributed by atoms with E-state index in [4.69, 9.17) is 13.3 Å². The number of carbonyl (C=O) groups is 1. The lowest BCUT2D eigenvalue weighted by Gasteiger charge is -2.36. The van der Waals surface area contributed by atoms with E-state index < -0.39 is 43.3 Å². The third-order valence-electron chi connectivity index (χ3n) is 4.66. The average Bonchev–Trinajstić information content (AvgIpc) is 2.60. The Balaban J connectivity index is 3.88. The smallest absolute Gasteiger partial charge is 0.471 e. The molecule has 0 aliphatic carbocycles. The third-order valence-corrected chi connectivity index (χ3v) is 7.26. The molecule has 1 aromatic rings. The van der Waals surface area contributed by atoms with E-state index in [1.165, 1.54) is 0 Å². The highest BCUT2D eigenvalue weighted by molar-refractivity contribution is 6.71. The molecule has 0 spiro atoms. The number of rotatable bonds is 11. The van der Waals surface area contributed by atoms with Gasteiger partial charge in [0.15, 0.2) is 14.5 Å². The summed E-state index contributed by atoms with van der Waals surface area (Å²) in [4.78, 5) is 12.9. The second-order valence-electron chi connectivity index (χ2n) is 12.4. The summed E-state index contributed by atoms with van der Waals surface area (Å²) in [6.45, 7) is 22.1. The summed E-state index contributed by atoms with van der Waals surface area (Å²) in [5.41, 5.74) is 1.34. The van der Waals surface area contributed by atoms with Crippen LogP contribution in [0.3, 0.4) is 0 Å². The van der Waals surface area contributed by atoms with E-state index in [1.807, 2.05) is 45.3 Å². The SMILES string of the molecule is CC(C)CCc1cc(O[Si](C)(C)C)c(C(O[Si](C)(C)C)N(C)C(=O)C(F)(F)F)cc1O[Si](C)(C)C. The fraction of sp³-hybridized carbons (Fsp3) is 0.708. The largest absolute Gasteiger partial charge is 0.544 e. The molecular formula is C24H44F3NO4Si3. The lowest BCUT2D eigenvalue weighted by Crippen LogP contribution is -2.45. The first kappa shape index (κ1) is 31.7. The summed E-state index contributed by atoms with van der Waals surface area (Å²) in [6, 6.07) is 3.63. The van der Waals surface area contributed by atoms with Crippen molar-refractivity contribution in [1.29, 1.82) is 0 Å². The van der Waals surface area contributed by atoms with E-state index >= 15 is 0 Å². The molecule has 0 aromatic heterocycles. The Bertz CT molecular complexity index is 873. The molecule has 0 N–H and O–H groups in total. The van der Waals surface area contributed by atoms with Crippen LogP contribution in [0.25, 0.3) is 0 Å². The van der Waals surface area contributed by atoms with Gasteiger partial charge in [0.1, 0.15) is 11.5 Å². The van der Waals surface area contributed by atoms with E-state index in [9.17, 15) is 18.0 Å². The van der Waals surface area contributed by atoms with Crippen LogP contribution in [0.2, 0.25) is 58.9 Å². The molecule has 0 aliphatic rings. The van der Waals surface area contributed by atoms with Crippen molar-refractivity contribution in [2.24, 2.45) is 5.92 Å². The first-order chi connectivity index (χ1) is 15.5. The van der Waals surface area contributed by atoms with Crippen LogP contribution in [0.15, 0.2) is 12.1 Å². The highest BCUT2D eigenvalue weighted by atomic mass is 28.4. The van der Waals surface area contributed by atoms with Gasteiger partial charge >= 0.3 is 12.1 Å². The van der Waals surface area contributed by atoms with Crippen molar-refractivity contribution in [1.82, 2.24) is 4.90 Å². The van der Waals surface area contributed by atoms with Gasteiger partial charge in [-0.05, 0) is 95.4 Å². The molecule has 35 heavy (non-hydrogen) atoms. The Hall–Kier alpha value is -1.31. The second kappa shape index (κ2) is 11.4. The normalized spacial score (nSPS) is 14.2. The first-order valence-corrected chi connectivity index (χ1v) is 22.3. The van der Waals surface area contributed by atoms with Crippen LogP contribution in [0.5, 0.6) is 11.5 Å². The maximum atomic E-state index is 13.4. The number of carbonyl (C=O) groups excluding carboxylic acids is 1. The Morgan fingerprint density at radius 1 is 0.886 bits per heavy atom. The molecule has 5 nitrogen and oxygen atoms in total. The Labute approximate surface area is 212 Å². The minimum Gasteiger partial charge on any atom is -0.544 e. The molecule has 0 fully saturated rings. The van der Waals surface area contributed by atoms with Gasteiger partial charge in [-0.1, -0.05) is 13.8 Å². The topological polar surface area (TPSA) is 48.0 Å². The third kappa shape index (κ3) is 11.1. The van der Waals surface area contributed by atoms with Crippen LogP contribution in [0, 0.1) is 5.92 Å². The molecule has 1 amide bonds. The van der Waals surface area contributed by atoms with E-state index in [0.29, 0.717) is 27.9 Å². The predicted octanol–water partition coefficient (Wildman–Crippen LogP) is 7.57. The lowest BCUT2D eigenvalue weighted by atomic mass is 9.99. The van der Waals surface area contributed by atoms with Gasteiger partial charge in [0, 0.05) is 12.6 Å². The zero-order valence-electron chi connectivity index (χ0n) is 23.4. The van der Waals surface area contributed by atoms with Crippen molar-refractivity contribution < 1.29 is 31.2 Å². The number of hydrogen-bond donors (Lipinski definition) is 0. The fourth-order valence-electron chi connectivity index (χ4n) is 3.29. The van der Waals surface area contributed by atoms with Gasteiger partial charge in [-0.25, -0.2) is 0 Å². The van der Waals surface area contributed by atoms with Gasteiger partial charge in [-0.15, -0.1) is 0 Å². The maximum Gasteiger partial charge on any atom is 0.471 e. The Morgan fingerprint density at radius 2 is 1.37 bits per heavy atom. The highest BCUT2D eigenvalue weighted by Crippen LogP contribution is 2.40. The van der Waals surface area contributed by atoms with E-state index in [0.717, 1.165) is 25.5 Å². The fourth-order valence-corrected chi connectivity index (χ4v) is 5.93. The maximum absolute atomic E-state index is 13.4. The zero-order chi connectivity index (χ0) is 27.6. The second-order valence-corrected chi connectivity index (χ2v) is 25.7. The van der Waals surface area contributed by atoms with Gasteiger partial charge in [0.25, 0.3) is 0 Å². The Kier molecular flexibility index (Phi) is 10.3. The van der Waals surface area contributed by atoms with E-state index in [2.05, 4.69) is 33.5 Å². The average molecular weight is 552 g/mol. The van der Waals surface area contributed by atoms with Crippen molar-refractivity contribution in [3.05, 3.63) is 23.3 Å². The van der Waals surface area contributed by atoms with Crippen LogP contribution in [-0.4, -0.2) is 49.0 Å². The molecule has 1 atom stereocenters. The monoisotopic (exact) mass is 551 g/mol. The van der Waals surface area contributed by atoms with Gasteiger partial charge < -0.3 is 18.2 Å². The number of halogens is 3. The molecule has 1 rings (SSSR count). The predicted molar refractivity (Wildman–Crippen MR) is 144 cm³/mol. The molecule has 202 valence electrons.